The minimum absolute atomic E-state index is 0.221. The summed E-state index contributed by atoms with van der Waals surface area (Å²) in [5, 5.41) is 3.27. The summed E-state index contributed by atoms with van der Waals surface area (Å²) in [6, 6.07) is 7.60. The highest BCUT2D eigenvalue weighted by molar-refractivity contribution is 5.89. The second kappa shape index (κ2) is 11.1. The molecule has 0 spiro atoms. The van der Waals surface area contributed by atoms with Gasteiger partial charge >= 0.3 is 5.97 Å². The first kappa shape index (κ1) is 19.5. The standard InChI is InChI=1S/C19H32N2O2/c1-5-8-9-16(6-2)14-23-19(22)17-10-12-18(13-11-17)21(4)15-20-7-3/h10-13,16,20H,5-9,14-15H2,1-4H3. The molecular formula is C19H32N2O2. The van der Waals surface area contributed by atoms with Crippen LogP contribution in [0.25, 0.3) is 0 Å². The van der Waals surface area contributed by atoms with Crippen LogP contribution in [0.2, 0.25) is 0 Å². The molecule has 130 valence electrons. The molecule has 0 aliphatic rings. The fourth-order valence-electron chi connectivity index (χ4n) is 2.40. The second-order valence-electron chi connectivity index (χ2n) is 6.02. The van der Waals surface area contributed by atoms with Gasteiger partial charge in [-0.1, -0.05) is 40.0 Å². The van der Waals surface area contributed by atoms with E-state index in [0.29, 0.717) is 18.1 Å². The molecule has 0 aromatic heterocycles. The normalized spacial score (nSPS) is 12.0. The van der Waals surface area contributed by atoms with Crippen LogP contribution in [0, 0.1) is 5.92 Å². The molecule has 23 heavy (non-hydrogen) atoms. The number of benzene rings is 1. The summed E-state index contributed by atoms with van der Waals surface area (Å²) in [5.41, 5.74) is 1.70. The maximum atomic E-state index is 12.1. The van der Waals surface area contributed by atoms with Crippen LogP contribution in [0.1, 0.15) is 56.8 Å². The van der Waals surface area contributed by atoms with Gasteiger partial charge in [-0.25, -0.2) is 4.79 Å². The molecule has 0 amide bonds. The largest absolute Gasteiger partial charge is 0.462 e. The van der Waals surface area contributed by atoms with E-state index < -0.39 is 0 Å². The molecule has 0 aliphatic heterocycles. The topological polar surface area (TPSA) is 41.6 Å². The summed E-state index contributed by atoms with van der Waals surface area (Å²) in [7, 11) is 2.02. The van der Waals surface area contributed by atoms with Gasteiger partial charge in [0.25, 0.3) is 0 Å². The van der Waals surface area contributed by atoms with Gasteiger partial charge in [-0.15, -0.1) is 0 Å². The van der Waals surface area contributed by atoms with E-state index in [1.165, 1.54) is 12.8 Å². The van der Waals surface area contributed by atoms with E-state index >= 15 is 0 Å². The van der Waals surface area contributed by atoms with Crippen molar-refractivity contribution in [3.63, 3.8) is 0 Å². The molecular weight excluding hydrogens is 288 g/mol. The third-order valence-corrected chi connectivity index (χ3v) is 4.14. The average molecular weight is 320 g/mol. The third-order valence-electron chi connectivity index (χ3n) is 4.14. The smallest absolute Gasteiger partial charge is 0.338 e. The monoisotopic (exact) mass is 320 g/mol. The zero-order valence-corrected chi connectivity index (χ0v) is 15.1. The first-order chi connectivity index (χ1) is 11.1. The van der Waals surface area contributed by atoms with E-state index in [2.05, 4.69) is 31.0 Å². The maximum Gasteiger partial charge on any atom is 0.338 e. The Balaban J connectivity index is 2.50. The van der Waals surface area contributed by atoms with Crippen LogP contribution < -0.4 is 10.2 Å². The second-order valence-corrected chi connectivity index (χ2v) is 6.02. The molecule has 1 rings (SSSR count). The highest BCUT2D eigenvalue weighted by Gasteiger charge is 2.12. The molecule has 4 heteroatoms. The van der Waals surface area contributed by atoms with E-state index in [9.17, 15) is 4.79 Å². The van der Waals surface area contributed by atoms with Crippen LogP contribution >= 0.6 is 0 Å². The predicted octanol–water partition coefficient (Wildman–Crippen LogP) is 4.06. The highest BCUT2D eigenvalue weighted by Crippen LogP contribution is 2.16. The molecule has 1 unspecified atom stereocenters. The van der Waals surface area contributed by atoms with Crippen molar-refractivity contribution in [1.82, 2.24) is 5.32 Å². The number of ether oxygens (including phenoxy) is 1. The summed E-state index contributed by atoms with van der Waals surface area (Å²) >= 11 is 0. The number of carbonyl (C=O) groups is 1. The van der Waals surface area contributed by atoms with Crippen LogP contribution in [0.5, 0.6) is 0 Å². The number of rotatable bonds is 11. The summed E-state index contributed by atoms with van der Waals surface area (Å²) in [6.07, 6.45) is 4.57. The molecule has 0 radical (unpaired) electrons. The van der Waals surface area contributed by atoms with Crippen molar-refractivity contribution in [2.45, 2.75) is 46.5 Å². The molecule has 0 bridgehead atoms. The van der Waals surface area contributed by atoms with Crippen molar-refractivity contribution in [1.29, 1.82) is 0 Å². The number of anilines is 1. The van der Waals surface area contributed by atoms with E-state index in [0.717, 1.165) is 31.7 Å². The summed E-state index contributed by atoms with van der Waals surface area (Å²) < 4.78 is 5.48. The summed E-state index contributed by atoms with van der Waals surface area (Å²) in [6.45, 7) is 8.67. The highest BCUT2D eigenvalue weighted by atomic mass is 16.5. The van der Waals surface area contributed by atoms with Gasteiger partial charge in [0.05, 0.1) is 18.8 Å². The lowest BCUT2D eigenvalue weighted by atomic mass is 10.0. The van der Waals surface area contributed by atoms with Gasteiger partial charge < -0.3 is 15.0 Å². The molecule has 0 fully saturated rings. The van der Waals surface area contributed by atoms with Crippen molar-refractivity contribution in [3.05, 3.63) is 29.8 Å². The fraction of sp³-hybridized carbons (Fsp3) is 0.632. The number of nitrogens with zero attached hydrogens (tertiary/aromatic N) is 1. The van der Waals surface area contributed by atoms with Crippen LogP contribution in [-0.2, 0) is 4.74 Å². The molecule has 1 aromatic rings. The SMILES string of the molecule is CCCCC(CC)COC(=O)c1ccc(N(C)CNCC)cc1. The fourth-order valence-corrected chi connectivity index (χ4v) is 2.40. The lowest BCUT2D eigenvalue weighted by Gasteiger charge is -2.19. The van der Waals surface area contributed by atoms with Crippen molar-refractivity contribution in [2.75, 3.05) is 31.8 Å². The number of esters is 1. The average Bonchev–Trinajstić information content (AvgIpc) is 2.59. The lowest BCUT2D eigenvalue weighted by Crippen LogP contribution is -2.30. The molecule has 1 atom stereocenters. The summed E-state index contributed by atoms with van der Waals surface area (Å²) in [5.74, 6) is 0.255. The quantitative estimate of drug-likeness (QED) is 0.493. The van der Waals surface area contributed by atoms with Gasteiger partial charge in [0.15, 0.2) is 0 Å². The Morgan fingerprint density at radius 2 is 1.91 bits per heavy atom. The van der Waals surface area contributed by atoms with E-state index in [4.69, 9.17) is 4.74 Å². The Bertz CT molecular complexity index is 445. The Hall–Kier alpha value is -1.55. The minimum Gasteiger partial charge on any atom is -0.462 e. The molecule has 0 saturated carbocycles. The molecule has 1 aromatic carbocycles. The Morgan fingerprint density at radius 1 is 1.22 bits per heavy atom. The number of hydrogen-bond acceptors (Lipinski definition) is 4. The van der Waals surface area contributed by atoms with Gasteiger partial charge in [0.1, 0.15) is 0 Å². The number of carbonyl (C=O) groups excluding carboxylic acids is 1. The molecule has 1 N–H and O–H groups in total. The third kappa shape index (κ3) is 7.04. The molecule has 0 saturated heterocycles. The zero-order valence-electron chi connectivity index (χ0n) is 15.1. The number of hydrogen-bond donors (Lipinski definition) is 1. The molecule has 0 heterocycles. The molecule has 0 aliphatic carbocycles. The Labute approximate surface area is 141 Å². The number of nitrogens with one attached hydrogen (secondary N) is 1. The van der Waals surface area contributed by atoms with Gasteiger partial charge in [-0.05, 0) is 43.1 Å². The first-order valence-corrected chi connectivity index (χ1v) is 8.81. The van der Waals surface area contributed by atoms with Gasteiger partial charge in [-0.2, -0.15) is 0 Å². The van der Waals surface area contributed by atoms with E-state index in [1.807, 2.05) is 31.3 Å². The first-order valence-electron chi connectivity index (χ1n) is 8.81. The van der Waals surface area contributed by atoms with Crippen molar-refractivity contribution < 1.29 is 9.53 Å². The van der Waals surface area contributed by atoms with Crippen LogP contribution in [0.3, 0.4) is 0 Å². The van der Waals surface area contributed by atoms with Gasteiger partial charge in [-0.3, -0.25) is 0 Å². The van der Waals surface area contributed by atoms with Crippen LogP contribution in [0.4, 0.5) is 5.69 Å². The summed E-state index contributed by atoms with van der Waals surface area (Å²) in [4.78, 5) is 14.3. The van der Waals surface area contributed by atoms with Crippen LogP contribution in [0.15, 0.2) is 24.3 Å². The van der Waals surface area contributed by atoms with Gasteiger partial charge in [0, 0.05) is 12.7 Å². The van der Waals surface area contributed by atoms with E-state index in [1.54, 1.807) is 0 Å². The lowest BCUT2D eigenvalue weighted by molar-refractivity contribution is 0.0428. The molecule has 4 nitrogen and oxygen atoms in total. The maximum absolute atomic E-state index is 12.1. The zero-order chi connectivity index (χ0) is 17.1. The Kier molecular flexibility index (Phi) is 9.37. The van der Waals surface area contributed by atoms with Crippen molar-refractivity contribution in [2.24, 2.45) is 5.92 Å². The Morgan fingerprint density at radius 3 is 2.48 bits per heavy atom. The number of unbranched alkanes of at least 4 members (excludes halogenated alkanes) is 1. The predicted molar refractivity (Wildman–Crippen MR) is 97.0 cm³/mol. The van der Waals surface area contributed by atoms with Crippen LogP contribution in [-0.4, -0.2) is 32.8 Å². The minimum atomic E-state index is -0.221. The van der Waals surface area contributed by atoms with E-state index in [-0.39, 0.29) is 5.97 Å². The van der Waals surface area contributed by atoms with Gasteiger partial charge in [0.2, 0.25) is 0 Å². The van der Waals surface area contributed by atoms with Crippen molar-refractivity contribution in [3.8, 4) is 0 Å². The van der Waals surface area contributed by atoms with Crippen molar-refractivity contribution >= 4 is 11.7 Å².